The lowest BCUT2D eigenvalue weighted by Gasteiger charge is -2.34. The van der Waals surface area contributed by atoms with E-state index in [2.05, 4.69) is 34.8 Å². The fraction of sp³-hybridized carbons (Fsp3) is 0.474. The molecule has 2 heterocycles. The van der Waals surface area contributed by atoms with Crippen LogP contribution in [0.1, 0.15) is 36.6 Å². The molecule has 2 aromatic heterocycles. The van der Waals surface area contributed by atoms with Gasteiger partial charge in [-0.1, -0.05) is 6.07 Å². The zero-order valence-electron chi connectivity index (χ0n) is 14.3. The third-order valence-corrected chi connectivity index (χ3v) is 6.25. The van der Waals surface area contributed by atoms with Gasteiger partial charge < -0.3 is 5.32 Å². The van der Waals surface area contributed by atoms with Crippen molar-refractivity contribution in [1.29, 1.82) is 0 Å². The predicted octanol–water partition coefficient (Wildman–Crippen LogP) is 4.19. The van der Waals surface area contributed by atoms with Gasteiger partial charge in [-0.3, -0.25) is 4.68 Å². The van der Waals surface area contributed by atoms with Crippen molar-refractivity contribution in [3.05, 3.63) is 35.6 Å². The van der Waals surface area contributed by atoms with Gasteiger partial charge in [0, 0.05) is 24.7 Å². The quantitative estimate of drug-likeness (QED) is 0.685. The van der Waals surface area contributed by atoms with Crippen LogP contribution in [0, 0.1) is 5.92 Å². The molecule has 0 amide bonds. The SMILES string of the molecule is CNCCCC1CC(c2nc3ccc(-c4cnn([11CH3])c4)cc3s2)C1. The number of hydrogen-bond donors (Lipinski definition) is 1. The van der Waals surface area contributed by atoms with Crippen LogP contribution in [0.3, 0.4) is 0 Å². The van der Waals surface area contributed by atoms with Crippen molar-refractivity contribution in [1.82, 2.24) is 20.1 Å². The molecule has 126 valence electrons. The monoisotopic (exact) mass is 339 g/mol. The highest BCUT2D eigenvalue weighted by Gasteiger charge is 2.31. The third-order valence-electron chi connectivity index (χ3n) is 5.07. The molecule has 1 saturated carbocycles. The number of rotatable bonds is 6. The molecule has 3 aromatic rings. The van der Waals surface area contributed by atoms with E-state index < -0.39 is 0 Å². The number of aromatic nitrogens is 3. The third kappa shape index (κ3) is 3.10. The van der Waals surface area contributed by atoms with Crippen LogP contribution < -0.4 is 5.32 Å². The van der Waals surface area contributed by atoms with Crippen molar-refractivity contribution in [2.45, 2.75) is 31.6 Å². The average molecular weight is 339 g/mol. The highest BCUT2D eigenvalue weighted by molar-refractivity contribution is 7.18. The lowest BCUT2D eigenvalue weighted by Crippen LogP contribution is -2.22. The Morgan fingerprint density at radius 1 is 1.29 bits per heavy atom. The number of nitrogens with one attached hydrogen (secondary N) is 1. The Hall–Kier alpha value is -1.72. The summed E-state index contributed by atoms with van der Waals surface area (Å²) in [4.78, 5) is 4.89. The van der Waals surface area contributed by atoms with E-state index in [1.807, 2.05) is 36.3 Å². The van der Waals surface area contributed by atoms with Gasteiger partial charge in [-0.25, -0.2) is 4.98 Å². The molecule has 0 aliphatic heterocycles. The van der Waals surface area contributed by atoms with E-state index in [-0.39, 0.29) is 0 Å². The summed E-state index contributed by atoms with van der Waals surface area (Å²) < 4.78 is 3.14. The smallest absolute Gasteiger partial charge is 0.0969 e. The van der Waals surface area contributed by atoms with Crippen molar-refractivity contribution in [2.24, 2.45) is 13.0 Å². The van der Waals surface area contributed by atoms with Crippen molar-refractivity contribution in [3.8, 4) is 11.1 Å². The van der Waals surface area contributed by atoms with Crippen LogP contribution in [0.4, 0.5) is 0 Å². The minimum Gasteiger partial charge on any atom is -0.320 e. The molecule has 1 fully saturated rings. The molecule has 1 aliphatic rings. The van der Waals surface area contributed by atoms with Gasteiger partial charge in [0.2, 0.25) is 0 Å². The molecule has 0 bridgehead atoms. The van der Waals surface area contributed by atoms with Crippen molar-refractivity contribution < 1.29 is 0 Å². The first-order valence-corrected chi connectivity index (χ1v) is 9.58. The number of benzene rings is 1. The highest BCUT2D eigenvalue weighted by Crippen LogP contribution is 2.46. The second-order valence-corrected chi connectivity index (χ2v) is 7.98. The molecule has 1 aromatic carbocycles. The van der Waals surface area contributed by atoms with Crippen LogP contribution in [0.5, 0.6) is 0 Å². The van der Waals surface area contributed by atoms with Gasteiger partial charge in [0.15, 0.2) is 0 Å². The van der Waals surface area contributed by atoms with Crippen molar-refractivity contribution in [2.75, 3.05) is 13.6 Å². The van der Waals surface area contributed by atoms with Gasteiger partial charge in [0.1, 0.15) is 0 Å². The first kappa shape index (κ1) is 15.8. The van der Waals surface area contributed by atoms with Gasteiger partial charge in [-0.05, 0) is 62.9 Å². The fourth-order valence-corrected chi connectivity index (χ4v) is 4.74. The van der Waals surface area contributed by atoms with Gasteiger partial charge in [-0.15, -0.1) is 11.3 Å². The van der Waals surface area contributed by atoms with Crippen LogP contribution in [0.25, 0.3) is 21.3 Å². The average Bonchev–Trinajstić information content (AvgIpc) is 3.14. The summed E-state index contributed by atoms with van der Waals surface area (Å²) in [7, 11) is 3.99. The molecule has 4 rings (SSSR count). The Kier molecular flexibility index (Phi) is 4.37. The Balaban J connectivity index is 1.46. The largest absolute Gasteiger partial charge is 0.320 e. The van der Waals surface area contributed by atoms with Gasteiger partial charge in [0.25, 0.3) is 0 Å². The molecule has 0 unspecified atom stereocenters. The lowest BCUT2D eigenvalue weighted by atomic mass is 9.73. The molecule has 1 N–H and O–H groups in total. The number of nitrogens with zero attached hydrogens (tertiary/aromatic N) is 3. The summed E-state index contributed by atoms with van der Waals surface area (Å²) in [5.74, 6) is 1.59. The first-order valence-electron chi connectivity index (χ1n) is 8.77. The molecule has 0 spiro atoms. The predicted molar refractivity (Wildman–Crippen MR) is 100 cm³/mol. The van der Waals surface area contributed by atoms with E-state index in [9.17, 15) is 0 Å². The van der Waals surface area contributed by atoms with Crippen LogP contribution in [-0.4, -0.2) is 28.4 Å². The molecule has 0 saturated heterocycles. The zero-order valence-corrected chi connectivity index (χ0v) is 15.1. The zero-order chi connectivity index (χ0) is 16.5. The van der Waals surface area contributed by atoms with Crippen molar-refractivity contribution >= 4 is 21.6 Å². The summed E-state index contributed by atoms with van der Waals surface area (Å²) >= 11 is 1.88. The highest BCUT2D eigenvalue weighted by atomic mass is 32.1. The van der Waals surface area contributed by atoms with Crippen LogP contribution in [0.15, 0.2) is 30.6 Å². The standard InChI is InChI=1S/C19H24N4S/c1-20-7-3-4-13-8-15(9-13)19-22-17-6-5-14(10-18(17)24-19)16-11-21-23(2)12-16/h5-6,10-13,15,20H,3-4,7-9H2,1-2H3/i2-1. The van der Waals surface area contributed by atoms with E-state index in [0.29, 0.717) is 5.92 Å². The van der Waals surface area contributed by atoms with Crippen LogP contribution in [0.2, 0.25) is 0 Å². The van der Waals surface area contributed by atoms with Crippen LogP contribution in [-0.2, 0) is 7.05 Å². The molecule has 0 radical (unpaired) electrons. The normalized spacial score (nSPS) is 20.4. The van der Waals surface area contributed by atoms with Gasteiger partial charge in [-0.2, -0.15) is 5.10 Å². The second kappa shape index (κ2) is 6.65. The maximum atomic E-state index is 4.89. The van der Waals surface area contributed by atoms with Crippen molar-refractivity contribution in [3.63, 3.8) is 0 Å². The minimum absolute atomic E-state index is 0.684. The maximum Gasteiger partial charge on any atom is 0.0969 e. The molecule has 24 heavy (non-hydrogen) atoms. The van der Waals surface area contributed by atoms with E-state index in [1.54, 1.807) is 0 Å². The number of aryl methyl sites for hydroxylation is 1. The van der Waals surface area contributed by atoms with Gasteiger partial charge in [0.05, 0.1) is 21.4 Å². The topological polar surface area (TPSA) is 42.7 Å². The Morgan fingerprint density at radius 3 is 2.92 bits per heavy atom. The Bertz CT molecular complexity index is 829. The number of thiazole rings is 1. The summed E-state index contributed by atoms with van der Waals surface area (Å²) in [5.41, 5.74) is 3.54. The van der Waals surface area contributed by atoms with Crippen LogP contribution >= 0.6 is 11.3 Å². The lowest BCUT2D eigenvalue weighted by molar-refractivity contribution is 0.243. The summed E-state index contributed by atoms with van der Waals surface area (Å²) in [6.45, 7) is 1.14. The van der Waals surface area contributed by atoms with Gasteiger partial charge >= 0.3 is 0 Å². The Morgan fingerprint density at radius 2 is 2.17 bits per heavy atom. The maximum absolute atomic E-state index is 4.89. The summed E-state index contributed by atoms with van der Waals surface area (Å²) in [5, 5.41) is 8.84. The summed E-state index contributed by atoms with van der Waals surface area (Å²) in [6.07, 6.45) is 9.27. The van der Waals surface area contributed by atoms with E-state index in [1.165, 1.54) is 46.5 Å². The molecular formula is C19H24N4S. The summed E-state index contributed by atoms with van der Waals surface area (Å²) in [6, 6.07) is 6.57. The molecule has 5 heteroatoms. The second-order valence-electron chi connectivity index (χ2n) is 6.92. The first-order chi connectivity index (χ1) is 11.7. The Labute approximate surface area is 146 Å². The molecule has 0 atom stereocenters. The van der Waals surface area contributed by atoms with E-state index >= 15 is 0 Å². The van der Waals surface area contributed by atoms with E-state index in [4.69, 9.17) is 4.98 Å². The molecular weight excluding hydrogens is 315 g/mol. The molecule has 1 aliphatic carbocycles. The number of fused-ring (bicyclic) bond motifs is 1. The van der Waals surface area contributed by atoms with E-state index in [0.717, 1.165) is 18.0 Å². The number of hydrogen-bond acceptors (Lipinski definition) is 4. The minimum atomic E-state index is 0.684. The molecule has 4 nitrogen and oxygen atoms in total. The fourth-order valence-electron chi connectivity index (χ4n) is 3.61.